The van der Waals surface area contributed by atoms with Crippen molar-refractivity contribution in [2.45, 2.75) is 32.2 Å². The fraction of sp³-hybridized carbons (Fsp3) is 0.316. The fourth-order valence-electron chi connectivity index (χ4n) is 3.21. The minimum absolute atomic E-state index is 0.0176. The molecule has 4 rings (SSSR count). The van der Waals surface area contributed by atoms with Crippen molar-refractivity contribution in [2.75, 3.05) is 16.8 Å². The second-order valence-corrected chi connectivity index (χ2v) is 6.85. The Balaban J connectivity index is 1.58. The van der Waals surface area contributed by atoms with Crippen LogP contribution < -0.4 is 10.2 Å². The zero-order chi connectivity index (χ0) is 18.3. The highest BCUT2D eigenvalue weighted by atomic mass is 19.1. The molecule has 1 unspecified atom stereocenters. The quantitative estimate of drug-likeness (QED) is 0.782. The smallest absolute Gasteiger partial charge is 0.229 e. The van der Waals surface area contributed by atoms with Crippen LogP contribution in [0.15, 0.2) is 42.6 Å². The summed E-state index contributed by atoms with van der Waals surface area (Å²) < 4.78 is 14.9. The molecule has 1 aromatic carbocycles. The lowest BCUT2D eigenvalue weighted by molar-refractivity contribution is -0.117. The van der Waals surface area contributed by atoms with Crippen LogP contribution in [-0.2, 0) is 4.79 Å². The summed E-state index contributed by atoms with van der Waals surface area (Å²) in [5.41, 5.74) is 2.46. The van der Waals surface area contributed by atoms with E-state index in [1.807, 2.05) is 12.1 Å². The van der Waals surface area contributed by atoms with Crippen LogP contribution in [0.25, 0.3) is 5.65 Å². The molecule has 0 radical (unpaired) electrons. The largest absolute Gasteiger partial charge is 0.365 e. The highest BCUT2D eigenvalue weighted by Crippen LogP contribution is 2.25. The Hall–Kier alpha value is -2.96. The van der Waals surface area contributed by atoms with Crippen molar-refractivity contribution < 1.29 is 9.18 Å². The van der Waals surface area contributed by atoms with Gasteiger partial charge in [-0.2, -0.15) is 9.61 Å². The van der Waals surface area contributed by atoms with E-state index in [2.05, 4.69) is 29.2 Å². The van der Waals surface area contributed by atoms with Crippen molar-refractivity contribution in [1.29, 1.82) is 0 Å². The number of rotatable bonds is 4. The van der Waals surface area contributed by atoms with Crippen molar-refractivity contribution in [3.05, 3.63) is 54.1 Å². The minimum Gasteiger partial charge on any atom is -0.365 e. The van der Waals surface area contributed by atoms with Crippen LogP contribution in [0.1, 0.15) is 31.9 Å². The van der Waals surface area contributed by atoms with Crippen LogP contribution in [0.5, 0.6) is 0 Å². The summed E-state index contributed by atoms with van der Waals surface area (Å²) in [4.78, 5) is 18.7. The molecule has 1 aliphatic heterocycles. The molecule has 1 saturated heterocycles. The normalized spacial score (nSPS) is 17.5. The standard InChI is InChI=1S/C19H20FN5O/c1-12(2)16-10-18(25-17(23-16)7-8-21-25)22-14-9-19(26)24(11-14)15-5-3-13(20)4-6-15/h3-8,10,12,14,22H,9,11H2,1-2H3. The Morgan fingerprint density at radius 2 is 2.00 bits per heavy atom. The molecule has 1 amide bonds. The van der Waals surface area contributed by atoms with E-state index in [-0.39, 0.29) is 23.7 Å². The van der Waals surface area contributed by atoms with E-state index >= 15 is 0 Å². The van der Waals surface area contributed by atoms with E-state index in [0.717, 1.165) is 17.2 Å². The van der Waals surface area contributed by atoms with Crippen molar-refractivity contribution >= 4 is 23.1 Å². The summed E-state index contributed by atoms with van der Waals surface area (Å²) in [6.45, 7) is 4.70. The predicted octanol–water partition coefficient (Wildman–Crippen LogP) is 3.21. The van der Waals surface area contributed by atoms with Gasteiger partial charge < -0.3 is 10.2 Å². The van der Waals surface area contributed by atoms with E-state index in [1.165, 1.54) is 12.1 Å². The van der Waals surface area contributed by atoms with E-state index in [9.17, 15) is 9.18 Å². The van der Waals surface area contributed by atoms with Gasteiger partial charge in [0.1, 0.15) is 11.6 Å². The number of amides is 1. The number of nitrogens with one attached hydrogen (secondary N) is 1. The number of fused-ring (bicyclic) bond motifs is 1. The Labute approximate surface area is 150 Å². The maximum absolute atomic E-state index is 13.1. The zero-order valence-corrected chi connectivity index (χ0v) is 14.7. The van der Waals surface area contributed by atoms with Gasteiger partial charge in [-0.05, 0) is 30.2 Å². The van der Waals surface area contributed by atoms with Gasteiger partial charge in [0, 0.05) is 36.5 Å². The van der Waals surface area contributed by atoms with Gasteiger partial charge in [-0.3, -0.25) is 4.79 Å². The number of carbonyl (C=O) groups excluding carboxylic acids is 1. The Kier molecular flexibility index (Phi) is 4.06. The van der Waals surface area contributed by atoms with Gasteiger partial charge in [-0.1, -0.05) is 13.8 Å². The number of carbonyl (C=O) groups is 1. The molecule has 134 valence electrons. The van der Waals surface area contributed by atoms with Crippen molar-refractivity contribution in [2.24, 2.45) is 0 Å². The summed E-state index contributed by atoms with van der Waals surface area (Å²) in [5.74, 6) is 0.817. The van der Waals surface area contributed by atoms with Crippen LogP contribution >= 0.6 is 0 Å². The maximum Gasteiger partial charge on any atom is 0.229 e. The minimum atomic E-state index is -0.311. The highest BCUT2D eigenvalue weighted by Gasteiger charge is 2.31. The monoisotopic (exact) mass is 353 g/mol. The highest BCUT2D eigenvalue weighted by molar-refractivity contribution is 5.96. The third-order valence-electron chi connectivity index (χ3n) is 4.59. The van der Waals surface area contributed by atoms with Gasteiger partial charge in [0.25, 0.3) is 0 Å². The molecule has 2 aromatic heterocycles. The lowest BCUT2D eigenvalue weighted by Gasteiger charge is -2.18. The summed E-state index contributed by atoms with van der Waals surface area (Å²) in [7, 11) is 0. The molecule has 0 aliphatic carbocycles. The average molecular weight is 353 g/mol. The molecular formula is C19H20FN5O. The van der Waals surface area contributed by atoms with Gasteiger partial charge in [0.05, 0.1) is 12.2 Å². The van der Waals surface area contributed by atoms with Gasteiger partial charge in [-0.25, -0.2) is 9.37 Å². The molecule has 1 aliphatic rings. The molecule has 7 heteroatoms. The lowest BCUT2D eigenvalue weighted by Crippen LogP contribution is -2.28. The molecule has 0 saturated carbocycles. The first-order valence-corrected chi connectivity index (χ1v) is 8.68. The fourth-order valence-corrected chi connectivity index (χ4v) is 3.21. The molecule has 1 atom stereocenters. The van der Waals surface area contributed by atoms with Crippen LogP contribution in [0.4, 0.5) is 15.9 Å². The summed E-state index contributed by atoms with van der Waals surface area (Å²) in [5, 5.41) is 7.75. The number of hydrogen-bond acceptors (Lipinski definition) is 4. The molecule has 0 bridgehead atoms. The number of aromatic nitrogens is 3. The average Bonchev–Trinajstić information content (AvgIpc) is 3.22. The SMILES string of the molecule is CC(C)c1cc(NC2CC(=O)N(c3ccc(F)cc3)C2)n2nccc2n1. The second-order valence-electron chi connectivity index (χ2n) is 6.85. The summed E-state index contributed by atoms with van der Waals surface area (Å²) in [6.07, 6.45) is 2.09. The first kappa shape index (κ1) is 16.5. The van der Waals surface area contributed by atoms with Crippen molar-refractivity contribution in [3.8, 4) is 0 Å². The van der Waals surface area contributed by atoms with Crippen LogP contribution in [0.3, 0.4) is 0 Å². The van der Waals surface area contributed by atoms with E-state index in [1.54, 1.807) is 27.7 Å². The van der Waals surface area contributed by atoms with Crippen molar-refractivity contribution in [1.82, 2.24) is 14.6 Å². The van der Waals surface area contributed by atoms with Gasteiger partial charge in [0.2, 0.25) is 5.91 Å². The molecular weight excluding hydrogens is 333 g/mol. The predicted molar refractivity (Wildman–Crippen MR) is 97.9 cm³/mol. The summed E-state index contributed by atoms with van der Waals surface area (Å²) >= 11 is 0. The topological polar surface area (TPSA) is 62.5 Å². The van der Waals surface area contributed by atoms with Gasteiger partial charge >= 0.3 is 0 Å². The van der Waals surface area contributed by atoms with Crippen LogP contribution in [-0.4, -0.2) is 33.1 Å². The molecule has 1 N–H and O–H groups in total. The Morgan fingerprint density at radius 3 is 2.73 bits per heavy atom. The molecule has 3 heterocycles. The molecule has 1 fully saturated rings. The number of benzene rings is 1. The van der Waals surface area contributed by atoms with Gasteiger partial charge in [0.15, 0.2) is 5.65 Å². The first-order valence-electron chi connectivity index (χ1n) is 8.68. The lowest BCUT2D eigenvalue weighted by atomic mass is 10.1. The zero-order valence-electron chi connectivity index (χ0n) is 14.7. The number of halogens is 1. The van der Waals surface area contributed by atoms with Gasteiger partial charge in [-0.15, -0.1) is 0 Å². The van der Waals surface area contributed by atoms with E-state index in [4.69, 9.17) is 0 Å². The van der Waals surface area contributed by atoms with E-state index < -0.39 is 0 Å². The van der Waals surface area contributed by atoms with E-state index in [0.29, 0.717) is 18.7 Å². The first-order chi connectivity index (χ1) is 12.5. The van der Waals surface area contributed by atoms with Crippen LogP contribution in [0, 0.1) is 5.82 Å². The second kappa shape index (κ2) is 6.40. The number of nitrogens with zero attached hydrogens (tertiary/aromatic N) is 4. The molecule has 26 heavy (non-hydrogen) atoms. The Bertz CT molecular complexity index is 950. The molecule has 0 spiro atoms. The number of hydrogen-bond donors (Lipinski definition) is 1. The maximum atomic E-state index is 13.1. The summed E-state index contributed by atoms with van der Waals surface area (Å²) in [6, 6.07) is 9.79. The number of anilines is 2. The molecule has 3 aromatic rings. The third-order valence-corrected chi connectivity index (χ3v) is 4.59. The molecule has 6 nitrogen and oxygen atoms in total. The third kappa shape index (κ3) is 3.00. The van der Waals surface area contributed by atoms with Crippen molar-refractivity contribution in [3.63, 3.8) is 0 Å². The Morgan fingerprint density at radius 1 is 1.23 bits per heavy atom. The van der Waals surface area contributed by atoms with Crippen LogP contribution in [0.2, 0.25) is 0 Å².